The molecule has 0 spiro atoms. The second-order valence-electron chi connectivity index (χ2n) is 3.54. The van der Waals surface area contributed by atoms with Gasteiger partial charge in [-0.05, 0) is 25.7 Å². The van der Waals surface area contributed by atoms with Gasteiger partial charge < -0.3 is 4.74 Å². The Morgan fingerprint density at radius 3 is 2.31 bits per heavy atom. The van der Waals surface area contributed by atoms with Crippen LogP contribution in [0.5, 0.6) is 0 Å². The maximum absolute atomic E-state index is 11.2. The molecule has 0 atom stereocenters. The van der Waals surface area contributed by atoms with E-state index in [9.17, 15) is 9.59 Å². The van der Waals surface area contributed by atoms with Crippen molar-refractivity contribution in [1.82, 2.24) is 0 Å². The second-order valence-corrected chi connectivity index (χ2v) is 3.54. The Morgan fingerprint density at radius 2 is 1.85 bits per heavy atom. The molecule has 1 fully saturated rings. The molecule has 0 aromatic carbocycles. The van der Waals surface area contributed by atoms with Crippen LogP contribution in [0.1, 0.15) is 38.5 Å². The lowest BCUT2D eigenvalue weighted by molar-refractivity contribution is -0.146. The average Bonchev–Trinajstić information content (AvgIpc) is 2.10. The summed E-state index contributed by atoms with van der Waals surface area (Å²) in [7, 11) is 1.42. The fourth-order valence-corrected chi connectivity index (χ4v) is 1.76. The molecular formula is C10H16O3. The summed E-state index contributed by atoms with van der Waals surface area (Å²) < 4.78 is 4.69. The Balaban J connectivity index is 2.41. The van der Waals surface area contributed by atoms with E-state index in [1.165, 1.54) is 7.11 Å². The van der Waals surface area contributed by atoms with Crippen molar-refractivity contribution in [3.8, 4) is 0 Å². The highest BCUT2D eigenvalue weighted by atomic mass is 16.5. The molecule has 0 heterocycles. The second kappa shape index (κ2) is 5.00. The fraction of sp³-hybridized carbons (Fsp3) is 0.800. The van der Waals surface area contributed by atoms with Crippen LogP contribution in [0.4, 0.5) is 0 Å². The lowest BCUT2D eigenvalue weighted by atomic mass is 9.91. The summed E-state index contributed by atoms with van der Waals surface area (Å²) >= 11 is 0. The molecule has 0 N–H and O–H groups in total. The molecule has 1 aliphatic carbocycles. The molecule has 1 saturated carbocycles. The molecular weight excluding hydrogens is 168 g/mol. The summed E-state index contributed by atoms with van der Waals surface area (Å²) in [4.78, 5) is 22.3. The summed E-state index contributed by atoms with van der Waals surface area (Å²) in [5, 5.41) is 0. The highest BCUT2D eigenvalue weighted by Crippen LogP contribution is 2.21. The molecule has 0 bridgehead atoms. The van der Waals surface area contributed by atoms with E-state index >= 15 is 0 Å². The van der Waals surface area contributed by atoms with Gasteiger partial charge in [0.1, 0.15) is 5.78 Å². The number of Topliss-reactive ketones (excluding diaryl/α,β-unsaturated/α-hetero) is 1. The predicted octanol–water partition coefficient (Wildman–Crippen LogP) is 1.70. The Bertz CT molecular complexity index is 186. The first-order valence-corrected chi connectivity index (χ1v) is 4.83. The zero-order valence-corrected chi connectivity index (χ0v) is 8.04. The van der Waals surface area contributed by atoms with E-state index in [1.807, 2.05) is 0 Å². The number of methoxy groups -OCH3 is 1. The zero-order chi connectivity index (χ0) is 9.68. The van der Waals surface area contributed by atoms with E-state index in [2.05, 4.69) is 4.74 Å². The Morgan fingerprint density at radius 1 is 1.31 bits per heavy atom. The number of carbonyl (C=O) groups is 2. The zero-order valence-electron chi connectivity index (χ0n) is 8.04. The quantitative estimate of drug-likeness (QED) is 0.582. The van der Waals surface area contributed by atoms with Crippen molar-refractivity contribution in [3.05, 3.63) is 0 Å². The lowest BCUT2D eigenvalue weighted by Gasteiger charge is -2.16. The number of esters is 1. The Hall–Kier alpha value is -0.860. The Labute approximate surface area is 78.5 Å². The van der Waals surface area contributed by atoms with Gasteiger partial charge in [-0.2, -0.15) is 0 Å². The SMILES string of the molecule is COC(=O)C1CCCC(=O)CCC1. The first-order chi connectivity index (χ1) is 6.24. The molecule has 3 nitrogen and oxygen atoms in total. The minimum Gasteiger partial charge on any atom is -0.469 e. The van der Waals surface area contributed by atoms with Gasteiger partial charge in [-0.3, -0.25) is 9.59 Å². The molecule has 0 radical (unpaired) electrons. The van der Waals surface area contributed by atoms with Crippen LogP contribution in [0, 0.1) is 5.92 Å². The molecule has 1 rings (SSSR count). The largest absolute Gasteiger partial charge is 0.469 e. The fourth-order valence-electron chi connectivity index (χ4n) is 1.76. The van der Waals surface area contributed by atoms with Crippen LogP contribution in [0.3, 0.4) is 0 Å². The molecule has 0 aromatic rings. The van der Waals surface area contributed by atoms with Crippen LogP contribution in [0.15, 0.2) is 0 Å². The molecule has 0 amide bonds. The molecule has 3 heteroatoms. The van der Waals surface area contributed by atoms with E-state index < -0.39 is 0 Å². The first-order valence-electron chi connectivity index (χ1n) is 4.83. The Kier molecular flexibility index (Phi) is 3.93. The molecule has 0 aliphatic heterocycles. The highest BCUT2D eigenvalue weighted by molar-refractivity contribution is 5.79. The van der Waals surface area contributed by atoms with Gasteiger partial charge in [0.2, 0.25) is 0 Å². The third kappa shape index (κ3) is 3.17. The normalized spacial score (nSPS) is 20.5. The van der Waals surface area contributed by atoms with Gasteiger partial charge in [0.05, 0.1) is 13.0 Å². The van der Waals surface area contributed by atoms with E-state index in [0.717, 1.165) is 25.7 Å². The molecule has 74 valence electrons. The number of carbonyl (C=O) groups excluding carboxylic acids is 2. The predicted molar refractivity (Wildman–Crippen MR) is 48.2 cm³/mol. The molecule has 0 aromatic heterocycles. The van der Waals surface area contributed by atoms with E-state index in [1.54, 1.807) is 0 Å². The van der Waals surface area contributed by atoms with Gasteiger partial charge in [0, 0.05) is 12.8 Å². The van der Waals surface area contributed by atoms with Crippen LogP contribution in [-0.2, 0) is 14.3 Å². The molecule has 1 aliphatic rings. The van der Waals surface area contributed by atoms with E-state index in [0.29, 0.717) is 18.6 Å². The number of ketones is 1. The molecule has 0 unspecified atom stereocenters. The van der Waals surface area contributed by atoms with Crippen molar-refractivity contribution in [1.29, 1.82) is 0 Å². The van der Waals surface area contributed by atoms with Gasteiger partial charge >= 0.3 is 5.97 Å². The van der Waals surface area contributed by atoms with Crippen molar-refractivity contribution in [2.75, 3.05) is 7.11 Å². The summed E-state index contributed by atoms with van der Waals surface area (Å²) in [6.45, 7) is 0. The minimum atomic E-state index is -0.116. The van der Waals surface area contributed by atoms with Gasteiger partial charge in [0.15, 0.2) is 0 Å². The number of hydrogen-bond donors (Lipinski definition) is 0. The number of rotatable bonds is 1. The molecule has 13 heavy (non-hydrogen) atoms. The third-order valence-corrected chi connectivity index (χ3v) is 2.55. The lowest BCUT2D eigenvalue weighted by Crippen LogP contribution is -2.18. The van der Waals surface area contributed by atoms with Gasteiger partial charge in [-0.15, -0.1) is 0 Å². The summed E-state index contributed by atoms with van der Waals surface area (Å²) in [5.74, 6) is 0.246. The van der Waals surface area contributed by atoms with Gasteiger partial charge in [-0.1, -0.05) is 0 Å². The highest BCUT2D eigenvalue weighted by Gasteiger charge is 2.21. The first kappa shape index (κ1) is 10.2. The van der Waals surface area contributed by atoms with Crippen LogP contribution in [0.2, 0.25) is 0 Å². The summed E-state index contributed by atoms with van der Waals surface area (Å²) in [6.07, 6.45) is 4.54. The van der Waals surface area contributed by atoms with Crippen LogP contribution >= 0.6 is 0 Å². The van der Waals surface area contributed by atoms with Crippen molar-refractivity contribution in [3.63, 3.8) is 0 Å². The van der Waals surface area contributed by atoms with Gasteiger partial charge in [-0.25, -0.2) is 0 Å². The third-order valence-electron chi connectivity index (χ3n) is 2.55. The van der Waals surface area contributed by atoms with Crippen molar-refractivity contribution in [2.45, 2.75) is 38.5 Å². The summed E-state index contributed by atoms with van der Waals surface area (Å²) in [6, 6.07) is 0. The van der Waals surface area contributed by atoms with E-state index in [-0.39, 0.29) is 11.9 Å². The number of hydrogen-bond acceptors (Lipinski definition) is 3. The minimum absolute atomic E-state index is 0.0260. The average molecular weight is 184 g/mol. The molecule has 0 saturated heterocycles. The monoisotopic (exact) mass is 184 g/mol. The van der Waals surface area contributed by atoms with Crippen molar-refractivity contribution >= 4 is 11.8 Å². The van der Waals surface area contributed by atoms with Crippen molar-refractivity contribution < 1.29 is 14.3 Å². The van der Waals surface area contributed by atoms with Crippen LogP contribution in [-0.4, -0.2) is 18.9 Å². The standard InChI is InChI=1S/C10H16O3/c1-13-10(12)8-4-2-6-9(11)7-3-5-8/h8H,2-7H2,1H3. The smallest absolute Gasteiger partial charge is 0.308 e. The number of ether oxygens (including phenoxy) is 1. The van der Waals surface area contributed by atoms with Crippen molar-refractivity contribution in [2.24, 2.45) is 5.92 Å². The topological polar surface area (TPSA) is 43.4 Å². The van der Waals surface area contributed by atoms with Gasteiger partial charge in [0.25, 0.3) is 0 Å². The van der Waals surface area contributed by atoms with E-state index in [4.69, 9.17) is 0 Å². The van der Waals surface area contributed by atoms with Crippen LogP contribution in [0.25, 0.3) is 0 Å². The summed E-state index contributed by atoms with van der Waals surface area (Å²) in [5.41, 5.74) is 0. The van der Waals surface area contributed by atoms with Crippen LogP contribution < -0.4 is 0 Å². The maximum atomic E-state index is 11.2. The maximum Gasteiger partial charge on any atom is 0.308 e.